The van der Waals surface area contributed by atoms with Gasteiger partial charge in [0.25, 0.3) is 0 Å². The van der Waals surface area contributed by atoms with E-state index >= 15 is 0 Å². The maximum atomic E-state index is 11.9. The molecule has 1 rings (SSSR count). The molecule has 0 amide bonds. The van der Waals surface area contributed by atoms with Crippen LogP contribution in [0, 0.1) is 6.92 Å². The van der Waals surface area contributed by atoms with Crippen LogP contribution in [0.5, 0.6) is 0 Å². The molecule has 1 unspecified atom stereocenters. The minimum atomic E-state index is -3.31. The monoisotopic (exact) mass is 256 g/mol. The highest BCUT2D eigenvalue weighted by molar-refractivity contribution is 7.90. The first-order chi connectivity index (χ1) is 8.01. The van der Waals surface area contributed by atoms with Crippen molar-refractivity contribution in [3.63, 3.8) is 0 Å². The summed E-state index contributed by atoms with van der Waals surface area (Å²) in [5.41, 5.74) is 7.52. The number of benzene rings is 1. The molecule has 0 saturated carbocycles. The fraction of sp³-hybridized carbons (Fsp3) is 0.500. The van der Waals surface area contributed by atoms with Crippen molar-refractivity contribution in [2.75, 3.05) is 6.54 Å². The summed E-state index contributed by atoms with van der Waals surface area (Å²) in [6.45, 7) is 4.26. The van der Waals surface area contributed by atoms with Gasteiger partial charge in [-0.25, -0.2) is 13.1 Å². The summed E-state index contributed by atoms with van der Waals surface area (Å²) >= 11 is 0. The van der Waals surface area contributed by atoms with Crippen LogP contribution in [0.4, 0.5) is 0 Å². The van der Waals surface area contributed by atoms with E-state index in [2.05, 4.69) is 4.72 Å². The van der Waals surface area contributed by atoms with Gasteiger partial charge in [0, 0.05) is 13.1 Å². The molecule has 0 saturated heterocycles. The van der Waals surface area contributed by atoms with E-state index in [1.807, 2.05) is 38.1 Å². The maximum absolute atomic E-state index is 11.9. The Bertz CT molecular complexity index is 453. The molecule has 0 heterocycles. The van der Waals surface area contributed by atoms with Crippen LogP contribution in [0.25, 0.3) is 0 Å². The van der Waals surface area contributed by atoms with Crippen LogP contribution in [0.1, 0.15) is 24.5 Å². The summed E-state index contributed by atoms with van der Waals surface area (Å²) in [6, 6.07) is 7.71. The van der Waals surface area contributed by atoms with Crippen molar-refractivity contribution in [3.05, 3.63) is 35.4 Å². The lowest BCUT2D eigenvalue weighted by Gasteiger charge is -2.15. The van der Waals surface area contributed by atoms with E-state index in [1.165, 1.54) is 0 Å². The van der Waals surface area contributed by atoms with Crippen LogP contribution < -0.4 is 10.5 Å². The standard InChI is InChI=1S/C12H20N2O2S/c1-3-12(8-13)17(15,16)14-9-11-7-5-4-6-10(11)2/h4-7,12,14H,3,8-9,13H2,1-2H3. The Labute approximate surface area is 103 Å². The van der Waals surface area contributed by atoms with Gasteiger partial charge in [0.1, 0.15) is 0 Å². The molecule has 3 N–H and O–H groups in total. The molecule has 17 heavy (non-hydrogen) atoms. The second kappa shape index (κ2) is 6.14. The minimum Gasteiger partial charge on any atom is -0.329 e. The van der Waals surface area contributed by atoms with Gasteiger partial charge >= 0.3 is 0 Å². The van der Waals surface area contributed by atoms with E-state index < -0.39 is 15.3 Å². The predicted molar refractivity (Wildman–Crippen MR) is 70.1 cm³/mol. The van der Waals surface area contributed by atoms with E-state index in [-0.39, 0.29) is 6.54 Å². The SMILES string of the molecule is CCC(CN)S(=O)(=O)NCc1ccccc1C. The Kier molecular flexibility index (Phi) is 5.11. The normalized spacial score (nSPS) is 13.6. The van der Waals surface area contributed by atoms with Crippen LogP contribution in [0.2, 0.25) is 0 Å². The molecule has 0 aromatic heterocycles. The van der Waals surface area contributed by atoms with E-state index in [0.29, 0.717) is 13.0 Å². The van der Waals surface area contributed by atoms with Gasteiger partial charge in [0.05, 0.1) is 5.25 Å². The Morgan fingerprint density at radius 2 is 2.00 bits per heavy atom. The van der Waals surface area contributed by atoms with Crippen LogP contribution in [0.3, 0.4) is 0 Å². The Morgan fingerprint density at radius 3 is 2.53 bits per heavy atom. The van der Waals surface area contributed by atoms with Gasteiger partial charge < -0.3 is 5.73 Å². The fourth-order valence-corrected chi connectivity index (χ4v) is 2.90. The third-order valence-corrected chi connectivity index (χ3v) is 4.83. The lowest BCUT2D eigenvalue weighted by molar-refractivity contribution is 0.560. The van der Waals surface area contributed by atoms with Gasteiger partial charge in [-0.05, 0) is 24.5 Å². The summed E-state index contributed by atoms with van der Waals surface area (Å²) < 4.78 is 26.4. The number of hydrogen-bond acceptors (Lipinski definition) is 3. The van der Waals surface area contributed by atoms with Crippen molar-refractivity contribution in [1.29, 1.82) is 0 Å². The fourth-order valence-electron chi connectivity index (χ4n) is 1.62. The molecule has 4 nitrogen and oxygen atoms in total. The lowest BCUT2D eigenvalue weighted by Crippen LogP contribution is -2.38. The molecule has 1 atom stereocenters. The number of sulfonamides is 1. The Hall–Kier alpha value is -0.910. The van der Waals surface area contributed by atoms with Gasteiger partial charge in [-0.3, -0.25) is 0 Å². The Morgan fingerprint density at radius 1 is 1.35 bits per heavy atom. The molecule has 1 aromatic rings. The second-order valence-electron chi connectivity index (χ2n) is 4.06. The van der Waals surface area contributed by atoms with Crippen LogP contribution in [0.15, 0.2) is 24.3 Å². The van der Waals surface area contributed by atoms with Crippen LogP contribution in [-0.4, -0.2) is 20.2 Å². The van der Waals surface area contributed by atoms with Crippen molar-refractivity contribution in [1.82, 2.24) is 4.72 Å². The number of rotatable bonds is 6. The van der Waals surface area contributed by atoms with E-state index in [1.54, 1.807) is 0 Å². The quantitative estimate of drug-likeness (QED) is 0.802. The molecule has 96 valence electrons. The Balaban J connectivity index is 2.71. The summed E-state index contributed by atoms with van der Waals surface area (Å²) in [7, 11) is -3.31. The zero-order chi connectivity index (χ0) is 12.9. The van der Waals surface area contributed by atoms with Crippen LogP contribution >= 0.6 is 0 Å². The van der Waals surface area contributed by atoms with Gasteiger partial charge in [0.2, 0.25) is 10.0 Å². The molecule has 1 aromatic carbocycles. The summed E-state index contributed by atoms with van der Waals surface area (Å²) in [5, 5.41) is -0.508. The zero-order valence-electron chi connectivity index (χ0n) is 10.3. The molecular weight excluding hydrogens is 236 g/mol. The molecule has 5 heteroatoms. The van der Waals surface area contributed by atoms with E-state index in [9.17, 15) is 8.42 Å². The highest BCUT2D eigenvalue weighted by Crippen LogP contribution is 2.09. The van der Waals surface area contributed by atoms with Gasteiger partial charge in [-0.1, -0.05) is 31.2 Å². The van der Waals surface area contributed by atoms with Crippen molar-refractivity contribution in [2.24, 2.45) is 5.73 Å². The first-order valence-corrected chi connectivity index (χ1v) is 7.29. The first-order valence-electron chi connectivity index (χ1n) is 5.74. The highest BCUT2D eigenvalue weighted by atomic mass is 32.2. The molecule has 0 spiro atoms. The third kappa shape index (κ3) is 3.80. The molecule has 0 aliphatic carbocycles. The molecule has 0 aliphatic heterocycles. The highest BCUT2D eigenvalue weighted by Gasteiger charge is 2.21. The number of nitrogens with one attached hydrogen (secondary N) is 1. The smallest absolute Gasteiger partial charge is 0.216 e. The van der Waals surface area contributed by atoms with Gasteiger partial charge in [-0.15, -0.1) is 0 Å². The summed E-state index contributed by atoms with van der Waals surface area (Å²) in [4.78, 5) is 0. The molecule has 0 radical (unpaired) electrons. The molecular formula is C12H20N2O2S. The molecule has 0 bridgehead atoms. The lowest BCUT2D eigenvalue weighted by atomic mass is 10.1. The van der Waals surface area contributed by atoms with Crippen molar-refractivity contribution in [3.8, 4) is 0 Å². The summed E-state index contributed by atoms with van der Waals surface area (Å²) in [5.74, 6) is 0. The van der Waals surface area contributed by atoms with Gasteiger partial charge in [-0.2, -0.15) is 0 Å². The zero-order valence-corrected chi connectivity index (χ0v) is 11.1. The van der Waals surface area contributed by atoms with Crippen molar-refractivity contribution in [2.45, 2.75) is 32.1 Å². The number of nitrogens with two attached hydrogens (primary N) is 1. The van der Waals surface area contributed by atoms with E-state index in [0.717, 1.165) is 11.1 Å². The average Bonchev–Trinajstić information content (AvgIpc) is 2.29. The molecule has 0 fully saturated rings. The van der Waals surface area contributed by atoms with Crippen molar-refractivity contribution < 1.29 is 8.42 Å². The number of hydrogen-bond donors (Lipinski definition) is 2. The number of aryl methyl sites for hydroxylation is 1. The first kappa shape index (κ1) is 14.2. The van der Waals surface area contributed by atoms with E-state index in [4.69, 9.17) is 5.73 Å². The average molecular weight is 256 g/mol. The van der Waals surface area contributed by atoms with Crippen molar-refractivity contribution >= 4 is 10.0 Å². The minimum absolute atomic E-state index is 0.152. The van der Waals surface area contributed by atoms with Crippen LogP contribution in [-0.2, 0) is 16.6 Å². The molecule has 0 aliphatic rings. The topological polar surface area (TPSA) is 72.2 Å². The second-order valence-corrected chi connectivity index (χ2v) is 6.10. The summed E-state index contributed by atoms with van der Waals surface area (Å²) in [6.07, 6.45) is 0.527. The predicted octanol–water partition coefficient (Wildman–Crippen LogP) is 1.15. The third-order valence-electron chi connectivity index (χ3n) is 2.88. The van der Waals surface area contributed by atoms with Gasteiger partial charge in [0.15, 0.2) is 0 Å². The largest absolute Gasteiger partial charge is 0.329 e. The maximum Gasteiger partial charge on any atom is 0.216 e.